The topological polar surface area (TPSA) is 70.2 Å². The maximum Gasteiger partial charge on any atom is 0.229 e. The van der Waals surface area contributed by atoms with Crippen molar-refractivity contribution in [3.8, 4) is 0 Å². The van der Waals surface area contributed by atoms with Gasteiger partial charge in [0.15, 0.2) is 0 Å². The lowest BCUT2D eigenvalue weighted by molar-refractivity contribution is -0.123. The Hall–Kier alpha value is -1.88. The van der Waals surface area contributed by atoms with Crippen LogP contribution in [0.3, 0.4) is 0 Å². The summed E-state index contributed by atoms with van der Waals surface area (Å²) in [4.78, 5) is 23.5. The third-order valence-corrected chi connectivity index (χ3v) is 2.69. The largest absolute Gasteiger partial charge is 0.326 e. The first-order valence-electron chi connectivity index (χ1n) is 6.69. The number of amides is 2. The molecule has 5 heteroatoms. The van der Waals surface area contributed by atoms with Gasteiger partial charge in [0.1, 0.15) is 0 Å². The first-order valence-corrected chi connectivity index (χ1v) is 6.69. The monoisotopic (exact) mass is 277 g/mol. The smallest absolute Gasteiger partial charge is 0.229 e. The van der Waals surface area contributed by atoms with Crippen LogP contribution >= 0.6 is 0 Å². The summed E-state index contributed by atoms with van der Waals surface area (Å²) in [5.41, 5.74) is 0.903. The summed E-state index contributed by atoms with van der Waals surface area (Å²) in [6.45, 7) is 6.19. The van der Waals surface area contributed by atoms with E-state index in [1.165, 1.54) is 0 Å². The fraction of sp³-hybridized carbons (Fsp3) is 0.467. The van der Waals surface area contributed by atoms with E-state index in [-0.39, 0.29) is 11.8 Å². The Morgan fingerprint density at radius 3 is 2.25 bits per heavy atom. The highest BCUT2D eigenvalue weighted by Crippen LogP contribution is 2.20. The van der Waals surface area contributed by atoms with Gasteiger partial charge < -0.3 is 16.0 Å². The molecule has 0 radical (unpaired) electrons. The van der Waals surface area contributed by atoms with Crippen molar-refractivity contribution >= 4 is 23.2 Å². The molecular formula is C15H23N3O2. The Morgan fingerprint density at radius 1 is 1.10 bits per heavy atom. The Morgan fingerprint density at radius 2 is 1.70 bits per heavy atom. The van der Waals surface area contributed by atoms with E-state index in [9.17, 15) is 9.59 Å². The highest BCUT2D eigenvalue weighted by molar-refractivity contribution is 5.96. The van der Waals surface area contributed by atoms with Gasteiger partial charge in [0.25, 0.3) is 0 Å². The van der Waals surface area contributed by atoms with E-state index in [4.69, 9.17) is 0 Å². The number of hydrogen-bond donors (Lipinski definition) is 3. The van der Waals surface area contributed by atoms with Gasteiger partial charge in [-0.25, -0.2) is 0 Å². The van der Waals surface area contributed by atoms with Crippen molar-refractivity contribution < 1.29 is 9.59 Å². The molecule has 0 saturated carbocycles. The van der Waals surface area contributed by atoms with Crippen molar-refractivity contribution in [1.82, 2.24) is 5.32 Å². The first-order chi connectivity index (χ1) is 9.32. The lowest BCUT2D eigenvalue weighted by Crippen LogP contribution is -2.27. The van der Waals surface area contributed by atoms with Gasteiger partial charge in [0.05, 0.1) is 0 Å². The SMILES string of the molecule is CNCCC(=O)Nc1cccc(NC(=O)C(C)(C)C)c1. The van der Waals surface area contributed by atoms with Gasteiger partial charge in [-0.05, 0) is 25.2 Å². The average molecular weight is 277 g/mol. The predicted molar refractivity (Wildman–Crippen MR) is 81.7 cm³/mol. The number of benzene rings is 1. The zero-order chi connectivity index (χ0) is 15.2. The predicted octanol–water partition coefficient (Wildman–Crippen LogP) is 2.22. The molecule has 1 aromatic rings. The summed E-state index contributed by atoms with van der Waals surface area (Å²) in [5, 5.41) is 8.56. The van der Waals surface area contributed by atoms with Crippen molar-refractivity contribution in [2.75, 3.05) is 24.2 Å². The van der Waals surface area contributed by atoms with E-state index in [1.807, 2.05) is 20.8 Å². The van der Waals surface area contributed by atoms with Crippen LogP contribution in [0, 0.1) is 5.41 Å². The van der Waals surface area contributed by atoms with Gasteiger partial charge in [-0.2, -0.15) is 0 Å². The summed E-state index contributed by atoms with van der Waals surface area (Å²) in [6.07, 6.45) is 0.412. The minimum Gasteiger partial charge on any atom is -0.326 e. The summed E-state index contributed by atoms with van der Waals surface area (Å²) in [7, 11) is 1.80. The minimum absolute atomic E-state index is 0.0568. The summed E-state index contributed by atoms with van der Waals surface area (Å²) in [5.74, 6) is -0.116. The molecule has 0 unspecified atom stereocenters. The van der Waals surface area contributed by atoms with Gasteiger partial charge in [-0.1, -0.05) is 26.8 Å². The number of rotatable bonds is 5. The Bertz CT molecular complexity index is 478. The van der Waals surface area contributed by atoms with Crippen molar-refractivity contribution in [1.29, 1.82) is 0 Å². The van der Waals surface area contributed by atoms with E-state index in [1.54, 1.807) is 31.3 Å². The Labute approximate surface area is 120 Å². The molecule has 20 heavy (non-hydrogen) atoms. The molecule has 3 N–H and O–H groups in total. The number of anilines is 2. The van der Waals surface area contributed by atoms with E-state index >= 15 is 0 Å². The molecule has 0 bridgehead atoms. The molecule has 0 fully saturated rings. The van der Waals surface area contributed by atoms with Crippen molar-refractivity contribution in [2.24, 2.45) is 5.41 Å². The zero-order valence-corrected chi connectivity index (χ0v) is 12.5. The van der Waals surface area contributed by atoms with Crippen molar-refractivity contribution in [3.05, 3.63) is 24.3 Å². The molecular weight excluding hydrogens is 254 g/mol. The molecule has 0 aromatic heterocycles. The quantitative estimate of drug-likeness (QED) is 0.773. The van der Waals surface area contributed by atoms with Gasteiger partial charge in [-0.15, -0.1) is 0 Å². The van der Waals surface area contributed by atoms with E-state index in [0.717, 1.165) is 0 Å². The maximum absolute atomic E-state index is 11.9. The summed E-state index contributed by atoms with van der Waals surface area (Å²) in [6, 6.07) is 7.14. The highest BCUT2D eigenvalue weighted by Gasteiger charge is 2.21. The van der Waals surface area contributed by atoms with Gasteiger partial charge in [-0.3, -0.25) is 9.59 Å². The van der Waals surface area contributed by atoms with Gasteiger partial charge >= 0.3 is 0 Å². The number of hydrogen-bond acceptors (Lipinski definition) is 3. The zero-order valence-electron chi connectivity index (χ0n) is 12.5. The molecule has 0 aliphatic carbocycles. The summed E-state index contributed by atoms with van der Waals surface area (Å²) < 4.78 is 0. The highest BCUT2D eigenvalue weighted by atomic mass is 16.2. The molecule has 0 spiro atoms. The second-order valence-corrected chi connectivity index (χ2v) is 5.69. The Balaban J connectivity index is 2.66. The average Bonchev–Trinajstić information content (AvgIpc) is 2.35. The molecule has 1 rings (SSSR count). The third-order valence-electron chi connectivity index (χ3n) is 2.69. The third kappa shape index (κ3) is 5.40. The molecule has 0 aliphatic heterocycles. The van der Waals surface area contributed by atoms with Crippen molar-refractivity contribution in [3.63, 3.8) is 0 Å². The standard InChI is InChI=1S/C15H23N3O2/c1-15(2,3)14(20)18-12-7-5-6-11(10-12)17-13(19)8-9-16-4/h5-7,10,16H,8-9H2,1-4H3,(H,17,19)(H,18,20). The fourth-order valence-corrected chi connectivity index (χ4v) is 1.46. The molecule has 1 aromatic carbocycles. The number of carbonyl (C=O) groups excluding carboxylic acids is 2. The van der Waals surface area contributed by atoms with Crippen LogP contribution in [-0.4, -0.2) is 25.4 Å². The van der Waals surface area contributed by atoms with Crippen LogP contribution in [-0.2, 0) is 9.59 Å². The number of nitrogens with one attached hydrogen (secondary N) is 3. The van der Waals surface area contributed by atoms with Crippen LogP contribution in [0.15, 0.2) is 24.3 Å². The second kappa shape index (κ2) is 7.05. The van der Waals surface area contributed by atoms with Crippen LogP contribution in [0.25, 0.3) is 0 Å². The van der Waals surface area contributed by atoms with Crippen molar-refractivity contribution in [2.45, 2.75) is 27.2 Å². The molecule has 110 valence electrons. The normalized spacial score (nSPS) is 11.0. The van der Waals surface area contributed by atoms with Gasteiger partial charge in [0, 0.05) is 29.8 Å². The maximum atomic E-state index is 11.9. The van der Waals surface area contributed by atoms with E-state index in [0.29, 0.717) is 24.3 Å². The molecule has 0 saturated heterocycles. The minimum atomic E-state index is -0.452. The van der Waals surface area contributed by atoms with Crippen LogP contribution in [0.2, 0.25) is 0 Å². The van der Waals surface area contributed by atoms with Crippen LogP contribution in [0.1, 0.15) is 27.2 Å². The van der Waals surface area contributed by atoms with E-state index in [2.05, 4.69) is 16.0 Å². The molecule has 5 nitrogen and oxygen atoms in total. The fourth-order valence-electron chi connectivity index (χ4n) is 1.46. The van der Waals surface area contributed by atoms with Crippen LogP contribution < -0.4 is 16.0 Å². The second-order valence-electron chi connectivity index (χ2n) is 5.69. The summed E-state index contributed by atoms with van der Waals surface area (Å²) >= 11 is 0. The molecule has 0 atom stereocenters. The van der Waals surface area contributed by atoms with Crippen LogP contribution in [0.5, 0.6) is 0 Å². The lowest BCUT2D eigenvalue weighted by Gasteiger charge is -2.18. The Kier molecular flexibility index (Phi) is 5.70. The molecule has 0 heterocycles. The van der Waals surface area contributed by atoms with Gasteiger partial charge in [0.2, 0.25) is 11.8 Å². The number of carbonyl (C=O) groups is 2. The molecule has 0 aliphatic rings. The van der Waals surface area contributed by atoms with Crippen LogP contribution in [0.4, 0.5) is 11.4 Å². The lowest BCUT2D eigenvalue weighted by atomic mass is 9.95. The van der Waals surface area contributed by atoms with E-state index < -0.39 is 5.41 Å². The molecule has 2 amide bonds. The first kappa shape index (κ1) is 16.2.